The van der Waals surface area contributed by atoms with E-state index in [1.807, 2.05) is 11.8 Å². The molecule has 1 aliphatic carbocycles. The highest BCUT2D eigenvalue weighted by Crippen LogP contribution is 2.27. The van der Waals surface area contributed by atoms with Crippen LogP contribution in [0.15, 0.2) is 10.4 Å². The molecule has 1 fully saturated rings. The molecule has 4 nitrogen and oxygen atoms in total. The Hall–Kier alpha value is -0.750. The van der Waals surface area contributed by atoms with Crippen molar-refractivity contribution in [1.82, 2.24) is 15.6 Å². The maximum Gasteiger partial charge on any atom is 0.191 e. The Morgan fingerprint density at radius 2 is 2.36 bits per heavy atom. The summed E-state index contributed by atoms with van der Waals surface area (Å²) < 4.78 is 0. The summed E-state index contributed by atoms with van der Waals surface area (Å²) in [6.45, 7) is 5.94. The molecule has 0 amide bonds. The van der Waals surface area contributed by atoms with Gasteiger partial charge < -0.3 is 10.6 Å². The second-order valence-corrected chi connectivity index (χ2v) is 7.84. The van der Waals surface area contributed by atoms with E-state index in [1.165, 1.54) is 24.3 Å². The Bertz CT molecular complexity index is 472. The SMILES string of the molecule is CCNC(=NCCCc1nc(C)cs1)NC1CCC(SC)C1. The average molecular weight is 341 g/mol. The lowest BCUT2D eigenvalue weighted by Crippen LogP contribution is -2.42. The third-order valence-electron chi connectivity index (χ3n) is 3.89. The highest BCUT2D eigenvalue weighted by atomic mass is 32.2. The molecule has 1 aliphatic rings. The van der Waals surface area contributed by atoms with Crippen molar-refractivity contribution in [3.8, 4) is 0 Å². The molecule has 0 aromatic carbocycles. The largest absolute Gasteiger partial charge is 0.357 e. The number of hydrogen-bond donors (Lipinski definition) is 2. The zero-order valence-corrected chi connectivity index (χ0v) is 15.5. The van der Waals surface area contributed by atoms with E-state index in [0.29, 0.717) is 6.04 Å². The zero-order chi connectivity index (χ0) is 15.8. The Kier molecular flexibility index (Phi) is 7.52. The van der Waals surface area contributed by atoms with Gasteiger partial charge in [-0.05, 0) is 45.8 Å². The predicted molar refractivity (Wildman–Crippen MR) is 99.2 cm³/mol. The number of thioether (sulfide) groups is 1. The molecule has 0 bridgehead atoms. The molecule has 22 heavy (non-hydrogen) atoms. The molecule has 1 heterocycles. The van der Waals surface area contributed by atoms with Crippen molar-refractivity contribution in [3.05, 3.63) is 16.1 Å². The van der Waals surface area contributed by atoms with Gasteiger partial charge in [-0.3, -0.25) is 4.99 Å². The summed E-state index contributed by atoms with van der Waals surface area (Å²) in [7, 11) is 0. The molecular weight excluding hydrogens is 312 g/mol. The molecule has 0 saturated heterocycles. The fourth-order valence-electron chi connectivity index (χ4n) is 2.74. The van der Waals surface area contributed by atoms with Crippen LogP contribution in [0, 0.1) is 6.92 Å². The quantitative estimate of drug-likeness (QED) is 0.454. The standard InChI is InChI=1S/C16H28N4S2/c1-4-17-16(20-13-7-8-14(10-13)21-3)18-9-5-6-15-19-12(2)11-22-15/h11,13-14H,4-10H2,1-3H3,(H2,17,18,20). The molecule has 1 aromatic rings. The van der Waals surface area contributed by atoms with Crippen LogP contribution in [0.2, 0.25) is 0 Å². The number of hydrogen-bond acceptors (Lipinski definition) is 4. The summed E-state index contributed by atoms with van der Waals surface area (Å²) in [5.74, 6) is 0.976. The van der Waals surface area contributed by atoms with Crippen LogP contribution in [0.25, 0.3) is 0 Å². The monoisotopic (exact) mass is 340 g/mol. The molecule has 2 atom stereocenters. The fraction of sp³-hybridized carbons (Fsp3) is 0.750. The maximum atomic E-state index is 4.71. The van der Waals surface area contributed by atoms with Gasteiger partial charge in [-0.1, -0.05) is 0 Å². The van der Waals surface area contributed by atoms with Crippen molar-refractivity contribution >= 4 is 29.1 Å². The van der Waals surface area contributed by atoms with E-state index in [0.717, 1.165) is 42.8 Å². The van der Waals surface area contributed by atoms with Gasteiger partial charge in [-0.2, -0.15) is 11.8 Å². The highest BCUT2D eigenvalue weighted by molar-refractivity contribution is 7.99. The number of nitrogens with zero attached hydrogens (tertiary/aromatic N) is 2. The lowest BCUT2D eigenvalue weighted by Gasteiger charge is -2.17. The van der Waals surface area contributed by atoms with E-state index in [-0.39, 0.29) is 0 Å². The van der Waals surface area contributed by atoms with Crippen LogP contribution in [0.1, 0.15) is 43.3 Å². The van der Waals surface area contributed by atoms with Crippen molar-refractivity contribution in [2.45, 2.75) is 57.2 Å². The van der Waals surface area contributed by atoms with Gasteiger partial charge in [0.1, 0.15) is 0 Å². The van der Waals surface area contributed by atoms with Gasteiger partial charge in [0.05, 0.1) is 5.01 Å². The van der Waals surface area contributed by atoms with Crippen molar-refractivity contribution < 1.29 is 0 Å². The smallest absolute Gasteiger partial charge is 0.191 e. The number of nitrogens with one attached hydrogen (secondary N) is 2. The third kappa shape index (κ3) is 5.80. The Labute approximate surface area is 142 Å². The number of aromatic nitrogens is 1. The lowest BCUT2D eigenvalue weighted by molar-refractivity contribution is 0.614. The van der Waals surface area contributed by atoms with Gasteiger partial charge in [0.25, 0.3) is 0 Å². The second-order valence-electron chi connectivity index (χ2n) is 5.76. The molecule has 0 aliphatic heterocycles. The first-order valence-corrected chi connectivity index (χ1v) is 10.4. The van der Waals surface area contributed by atoms with Crippen LogP contribution in [-0.2, 0) is 6.42 Å². The minimum atomic E-state index is 0.580. The molecule has 2 unspecified atom stereocenters. The van der Waals surface area contributed by atoms with Gasteiger partial charge in [0.2, 0.25) is 0 Å². The van der Waals surface area contributed by atoms with Crippen LogP contribution in [0.3, 0.4) is 0 Å². The third-order valence-corrected chi connectivity index (χ3v) is 6.01. The number of guanidine groups is 1. The molecule has 124 valence electrons. The normalized spacial score (nSPS) is 22.0. The van der Waals surface area contributed by atoms with Gasteiger partial charge >= 0.3 is 0 Å². The molecule has 2 rings (SSSR count). The van der Waals surface area contributed by atoms with Crippen LogP contribution in [0.5, 0.6) is 0 Å². The van der Waals surface area contributed by atoms with Crippen LogP contribution < -0.4 is 10.6 Å². The fourth-order valence-corrected chi connectivity index (χ4v) is 4.35. The van der Waals surface area contributed by atoms with Crippen LogP contribution >= 0.6 is 23.1 Å². The Morgan fingerprint density at radius 3 is 3.00 bits per heavy atom. The molecule has 0 radical (unpaired) electrons. The first-order valence-electron chi connectivity index (χ1n) is 8.20. The van der Waals surface area contributed by atoms with E-state index in [4.69, 9.17) is 4.99 Å². The summed E-state index contributed by atoms with van der Waals surface area (Å²) in [5, 5.41) is 11.1. The molecule has 2 N–H and O–H groups in total. The zero-order valence-electron chi connectivity index (χ0n) is 13.9. The molecule has 6 heteroatoms. The first-order chi connectivity index (χ1) is 10.7. The first kappa shape index (κ1) is 17.6. The van der Waals surface area contributed by atoms with Gasteiger partial charge in [-0.15, -0.1) is 11.3 Å². The van der Waals surface area contributed by atoms with Crippen molar-refractivity contribution in [2.24, 2.45) is 4.99 Å². The summed E-state index contributed by atoms with van der Waals surface area (Å²) in [4.78, 5) is 9.22. The van der Waals surface area contributed by atoms with E-state index in [1.54, 1.807) is 11.3 Å². The van der Waals surface area contributed by atoms with Crippen LogP contribution in [0.4, 0.5) is 0 Å². The second kappa shape index (κ2) is 9.40. The van der Waals surface area contributed by atoms with E-state index in [9.17, 15) is 0 Å². The van der Waals surface area contributed by atoms with Crippen molar-refractivity contribution in [2.75, 3.05) is 19.3 Å². The minimum absolute atomic E-state index is 0.580. The predicted octanol–water partition coefficient (Wildman–Crippen LogP) is 3.22. The minimum Gasteiger partial charge on any atom is -0.357 e. The van der Waals surface area contributed by atoms with E-state index < -0.39 is 0 Å². The molecule has 0 spiro atoms. The number of thiazole rings is 1. The molecular formula is C16H28N4S2. The van der Waals surface area contributed by atoms with E-state index in [2.05, 4.69) is 41.1 Å². The number of aryl methyl sites for hydroxylation is 2. The van der Waals surface area contributed by atoms with Gasteiger partial charge in [-0.25, -0.2) is 4.98 Å². The van der Waals surface area contributed by atoms with Gasteiger partial charge in [0, 0.05) is 41.9 Å². The summed E-state index contributed by atoms with van der Waals surface area (Å²) >= 11 is 3.75. The lowest BCUT2D eigenvalue weighted by atomic mass is 10.2. The summed E-state index contributed by atoms with van der Waals surface area (Å²) in [5.41, 5.74) is 1.13. The molecule has 1 aromatic heterocycles. The van der Waals surface area contributed by atoms with Crippen LogP contribution in [-0.4, -0.2) is 41.6 Å². The van der Waals surface area contributed by atoms with Gasteiger partial charge in [0.15, 0.2) is 5.96 Å². The average Bonchev–Trinajstić information content (AvgIpc) is 3.12. The summed E-state index contributed by atoms with van der Waals surface area (Å²) in [6.07, 6.45) is 8.13. The maximum absolute atomic E-state index is 4.71. The van der Waals surface area contributed by atoms with Crippen molar-refractivity contribution in [3.63, 3.8) is 0 Å². The highest BCUT2D eigenvalue weighted by Gasteiger charge is 2.24. The summed E-state index contributed by atoms with van der Waals surface area (Å²) in [6, 6.07) is 0.580. The number of rotatable bonds is 7. The molecule has 1 saturated carbocycles. The van der Waals surface area contributed by atoms with E-state index >= 15 is 0 Å². The Balaban J connectivity index is 1.74. The topological polar surface area (TPSA) is 49.3 Å². The Morgan fingerprint density at radius 1 is 1.50 bits per heavy atom. The van der Waals surface area contributed by atoms with Crippen molar-refractivity contribution in [1.29, 1.82) is 0 Å². The number of aliphatic imine (C=N–C) groups is 1.